The summed E-state index contributed by atoms with van der Waals surface area (Å²) in [7, 11) is 0.209. The van der Waals surface area contributed by atoms with Gasteiger partial charge >= 0.3 is 0 Å². The number of pyridine rings is 1. The van der Waals surface area contributed by atoms with Crippen molar-refractivity contribution in [1.82, 2.24) is 14.2 Å². The predicted octanol–water partition coefficient (Wildman–Crippen LogP) is 2.12. The van der Waals surface area contributed by atoms with Crippen LogP contribution in [0.5, 0.6) is 0 Å². The van der Waals surface area contributed by atoms with E-state index in [4.69, 9.17) is 0 Å². The number of benzene rings is 1. The highest BCUT2D eigenvalue weighted by Crippen LogP contribution is 2.25. The van der Waals surface area contributed by atoms with E-state index in [1.807, 2.05) is 25.1 Å². The quantitative estimate of drug-likeness (QED) is 0.860. The van der Waals surface area contributed by atoms with Crippen LogP contribution in [0.25, 0.3) is 10.9 Å². The fourth-order valence-corrected chi connectivity index (χ4v) is 4.63. The van der Waals surface area contributed by atoms with Crippen LogP contribution >= 0.6 is 0 Å². The minimum atomic E-state index is -3.53. The van der Waals surface area contributed by atoms with Crippen LogP contribution in [0.15, 0.2) is 35.2 Å². The second-order valence-corrected chi connectivity index (χ2v) is 8.50. The highest BCUT2D eigenvalue weighted by molar-refractivity contribution is 7.89. The Morgan fingerprint density at radius 1 is 1.30 bits per heavy atom. The monoisotopic (exact) mass is 333 g/mol. The van der Waals surface area contributed by atoms with Crippen molar-refractivity contribution in [1.29, 1.82) is 0 Å². The summed E-state index contributed by atoms with van der Waals surface area (Å²) in [6.45, 7) is 4.41. The van der Waals surface area contributed by atoms with Crippen LogP contribution < -0.4 is 0 Å². The van der Waals surface area contributed by atoms with Crippen molar-refractivity contribution < 1.29 is 8.42 Å². The van der Waals surface area contributed by atoms with Gasteiger partial charge < -0.3 is 4.90 Å². The number of aryl methyl sites for hydroxylation is 1. The Morgan fingerprint density at radius 2 is 2.09 bits per heavy atom. The number of para-hydroxylation sites is 1. The van der Waals surface area contributed by atoms with Crippen molar-refractivity contribution in [3.8, 4) is 0 Å². The summed E-state index contributed by atoms with van der Waals surface area (Å²) in [6.07, 6.45) is 1.04. The summed E-state index contributed by atoms with van der Waals surface area (Å²) in [5.41, 5.74) is 1.38. The Kier molecular flexibility index (Phi) is 4.40. The summed E-state index contributed by atoms with van der Waals surface area (Å²) in [5, 5.41) is 0.852. The highest BCUT2D eigenvalue weighted by Gasteiger charge is 2.28. The molecule has 23 heavy (non-hydrogen) atoms. The Bertz CT molecular complexity index is 820. The van der Waals surface area contributed by atoms with Gasteiger partial charge in [-0.2, -0.15) is 0 Å². The molecule has 1 aliphatic rings. The molecule has 1 aliphatic heterocycles. The van der Waals surface area contributed by atoms with E-state index in [0.29, 0.717) is 22.9 Å². The predicted molar refractivity (Wildman–Crippen MR) is 91.9 cm³/mol. The van der Waals surface area contributed by atoms with Gasteiger partial charge in [0, 0.05) is 31.2 Å². The average molecular weight is 333 g/mol. The van der Waals surface area contributed by atoms with Gasteiger partial charge in [0.1, 0.15) is 4.90 Å². The van der Waals surface area contributed by atoms with E-state index in [2.05, 4.69) is 16.9 Å². The molecule has 1 atom stereocenters. The second-order valence-electron chi connectivity index (χ2n) is 6.48. The first-order valence-electron chi connectivity index (χ1n) is 7.89. The third-order valence-electron chi connectivity index (χ3n) is 4.51. The maximum Gasteiger partial charge on any atom is 0.244 e. The van der Waals surface area contributed by atoms with Crippen LogP contribution in [0.3, 0.4) is 0 Å². The zero-order chi connectivity index (χ0) is 16.6. The van der Waals surface area contributed by atoms with Crippen molar-refractivity contribution in [2.45, 2.75) is 18.2 Å². The van der Waals surface area contributed by atoms with E-state index in [-0.39, 0.29) is 0 Å². The van der Waals surface area contributed by atoms with Crippen molar-refractivity contribution in [3.63, 3.8) is 0 Å². The first-order chi connectivity index (χ1) is 10.9. The third-order valence-corrected chi connectivity index (χ3v) is 6.37. The largest absolute Gasteiger partial charge is 0.306 e. The molecule has 0 N–H and O–H groups in total. The van der Waals surface area contributed by atoms with Crippen LogP contribution in [-0.2, 0) is 10.0 Å². The molecule has 5 nitrogen and oxygen atoms in total. The molecule has 2 heterocycles. The number of likely N-dealkylation sites (tertiary alicyclic amines) is 1. The Labute approximate surface area is 138 Å². The van der Waals surface area contributed by atoms with Gasteiger partial charge in [0.25, 0.3) is 0 Å². The number of aromatic nitrogens is 1. The second kappa shape index (κ2) is 6.19. The molecule has 0 saturated carbocycles. The van der Waals surface area contributed by atoms with Gasteiger partial charge in [-0.25, -0.2) is 12.7 Å². The van der Waals surface area contributed by atoms with Gasteiger partial charge in [-0.1, -0.05) is 18.2 Å². The van der Waals surface area contributed by atoms with Gasteiger partial charge in [0.2, 0.25) is 10.0 Å². The molecule has 0 spiro atoms. The Hall–Kier alpha value is -1.50. The molecule has 0 bridgehead atoms. The van der Waals surface area contributed by atoms with E-state index < -0.39 is 10.0 Å². The standard InChI is InChI=1S/C17H23N3O2S/c1-13-7-8-15-5-4-6-16(17(15)18-13)23(21,22)20(3)12-14-9-10-19(2)11-14/h4-8,14H,9-12H2,1-3H3/t14-/m0/s1. The van der Waals surface area contributed by atoms with Gasteiger partial charge in [-0.15, -0.1) is 0 Å². The molecule has 1 fully saturated rings. The molecule has 1 aromatic carbocycles. The normalized spacial score (nSPS) is 19.7. The molecule has 1 saturated heterocycles. The van der Waals surface area contributed by atoms with Crippen LogP contribution in [0.4, 0.5) is 0 Å². The molecule has 6 heteroatoms. The summed E-state index contributed by atoms with van der Waals surface area (Å²) < 4.78 is 27.5. The lowest BCUT2D eigenvalue weighted by Gasteiger charge is -2.21. The van der Waals surface area contributed by atoms with Crippen LogP contribution in [-0.4, -0.2) is 56.3 Å². The molecule has 3 rings (SSSR count). The van der Waals surface area contributed by atoms with Gasteiger partial charge in [-0.3, -0.25) is 4.98 Å². The molecule has 0 unspecified atom stereocenters. The smallest absolute Gasteiger partial charge is 0.244 e. The van der Waals surface area contributed by atoms with Crippen LogP contribution in [0.2, 0.25) is 0 Å². The van der Waals surface area contributed by atoms with E-state index in [1.54, 1.807) is 19.2 Å². The van der Waals surface area contributed by atoms with Crippen LogP contribution in [0.1, 0.15) is 12.1 Å². The maximum absolute atomic E-state index is 13.0. The number of fused-ring (bicyclic) bond motifs is 1. The minimum absolute atomic E-state index is 0.299. The van der Waals surface area contributed by atoms with Crippen molar-refractivity contribution in [2.24, 2.45) is 5.92 Å². The molecule has 1 aromatic heterocycles. The number of rotatable bonds is 4. The summed E-state index contributed by atoms with van der Waals surface area (Å²) in [6, 6.07) is 9.15. The lowest BCUT2D eigenvalue weighted by Crippen LogP contribution is -2.33. The minimum Gasteiger partial charge on any atom is -0.306 e. The first kappa shape index (κ1) is 16.4. The zero-order valence-corrected chi connectivity index (χ0v) is 14.7. The van der Waals surface area contributed by atoms with Crippen molar-refractivity contribution in [3.05, 3.63) is 36.0 Å². The number of nitrogens with zero attached hydrogens (tertiary/aromatic N) is 3. The Morgan fingerprint density at radius 3 is 2.78 bits per heavy atom. The summed E-state index contributed by atoms with van der Waals surface area (Å²) in [4.78, 5) is 7.00. The topological polar surface area (TPSA) is 53.5 Å². The van der Waals surface area contributed by atoms with Crippen LogP contribution in [0, 0.1) is 12.8 Å². The van der Waals surface area contributed by atoms with Gasteiger partial charge in [0.05, 0.1) is 5.52 Å². The van der Waals surface area contributed by atoms with E-state index in [9.17, 15) is 8.42 Å². The van der Waals surface area contributed by atoms with E-state index in [0.717, 1.165) is 30.6 Å². The van der Waals surface area contributed by atoms with Gasteiger partial charge in [0.15, 0.2) is 0 Å². The number of hydrogen-bond acceptors (Lipinski definition) is 4. The fraction of sp³-hybridized carbons (Fsp3) is 0.471. The summed E-state index contributed by atoms with van der Waals surface area (Å²) in [5.74, 6) is 0.393. The summed E-state index contributed by atoms with van der Waals surface area (Å²) >= 11 is 0. The first-order valence-corrected chi connectivity index (χ1v) is 9.33. The van der Waals surface area contributed by atoms with Crippen molar-refractivity contribution in [2.75, 3.05) is 33.7 Å². The van der Waals surface area contributed by atoms with E-state index >= 15 is 0 Å². The fourth-order valence-electron chi connectivity index (χ4n) is 3.23. The third kappa shape index (κ3) is 3.24. The lowest BCUT2D eigenvalue weighted by atomic mass is 10.1. The maximum atomic E-state index is 13.0. The Balaban J connectivity index is 1.94. The number of hydrogen-bond donors (Lipinski definition) is 0. The molecular weight excluding hydrogens is 310 g/mol. The highest BCUT2D eigenvalue weighted by atomic mass is 32.2. The zero-order valence-electron chi connectivity index (χ0n) is 13.9. The SMILES string of the molecule is Cc1ccc2cccc(S(=O)(=O)N(C)C[C@H]3CCN(C)C3)c2n1. The van der Waals surface area contributed by atoms with Crippen molar-refractivity contribution >= 4 is 20.9 Å². The number of sulfonamides is 1. The molecule has 2 aromatic rings. The molecule has 124 valence electrons. The molecule has 0 radical (unpaired) electrons. The molecular formula is C17H23N3O2S. The molecule has 0 aliphatic carbocycles. The average Bonchev–Trinajstić information content (AvgIpc) is 2.91. The molecule has 0 amide bonds. The van der Waals surface area contributed by atoms with Gasteiger partial charge in [-0.05, 0) is 45.0 Å². The lowest BCUT2D eigenvalue weighted by molar-refractivity contribution is 0.357. The van der Waals surface area contributed by atoms with E-state index in [1.165, 1.54) is 4.31 Å².